The number of rotatable bonds is 1. The molecule has 0 radical (unpaired) electrons. The lowest BCUT2D eigenvalue weighted by atomic mass is 10.1. The number of hydrogen-bond donors (Lipinski definition) is 0. The highest BCUT2D eigenvalue weighted by Gasteiger charge is 2.31. The van der Waals surface area contributed by atoms with Gasteiger partial charge in [-0.05, 0) is 20.8 Å². The van der Waals surface area contributed by atoms with Crippen molar-refractivity contribution in [3.05, 3.63) is 0 Å². The van der Waals surface area contributed by atoms with E-state index in [2.05, 4.69) is 0 Å². The third-order valence-corrected chi connectivity index (χ3v) is 2.26. The molecule has 0 aliphatic carbocycles. The van der Waals surface area contributed by atoms with Crippen molar-refractivity contribution in [1.29, 1.82) is 0 Å². The topological polar surface area (TPSA) is 29.5 Å². The summed E-state index contributed by atoms with van der Waals surface area (Å²) in [6.45, 7) is 7.54. The second-order valence-electron chi connectivity index (χ2n) is 3.98. The van der Waals surface area contributed by atoms with E-state index in [-0.39, 0.29) is 11.5 Å². The number of halogens is 1. The lowest BCUT2D eigenvalue weighted by molar-refractivity contribution is -0.145. The first-order chi connectivity index (χ1) is 5.92. The van der Waals surface area contributed by atoms with Crippen molar-refractivity contribution >= 4 is 17.5 Å². The Morgan fingerprint density at radius 2 is 2.23 bits per heavy atom. The average Bonchev–Trinajstić information content (AvgIpc) is 2.01. The fourth-order valence-electron chi connectivity index (χ4n) is 1.46. The molecule has 13 heavy (non-hydrogen) atoms. The molecule has 1 heterocycles. The van der Waals surface area contributed by atoms with E-state index < -0.39 is 5.38 Å². The van der Waals surface area contributed by atoms with Gasteiger partial charge in [-0.3, -0.25) is 4.79 Å². The van der Waals surface area contributed by atoms with Gasteiger partial charge in [0, 0.05) is 13.1 Å². The molecule has 0 spiro atoms. The first-order valence-electron chi connectivity index (χ1n) is 4.49. The van der Waals surface area contributed by atoms with Gasteiger partial charge in [-0.1, -0.05) is 0 Å². The molecule has 1 atom stereocenters. The Hall–Kier alpha value is -0.280. The number of carbonyl (C=O) groups is 1. The van der Waals surface area contributed by atoms with Crippen molar-refractivity contribution in [1.82, 2.24) is 4.90 Å². The minimum atomic E-state index is -0.436. The monoisotopic (exact) mass is 205 g/mol. The molecule has 0 saturated carbocycles. The van der Waals surface area contributed by atoms with Crippen molar-refractivity contribution in [2.45, 2.75) is 31.7 Å². The molecule has 1 aliphatic rings. The summed E-state index contributed by atoms with van der Waals surface area (Å²) in [6, 6.07) is 0. The summed E-state index contributed by atoms with van der Waals surface area (Å²) in [4.78, 5) is 13.3. The van der Waals surface area contributed by atoms with Crippen LogP contribution in [0.15, 0.2) is 0 Å². The van der Waals surface area contributed by atoms with Crippen LogP contribution in [-0.4, -0.2) is 41.5 Å². The molecular weight excluding hydrogens is 190 g/mol. The zero-order valence-corrected chi connectivity index (χ0v) is 9.10. The smallest absolute Gasteiger partial charge is 0.240 e. The molecule has 1 rings (SSSR count). The Morgan fingerprint density at radius 3 is 2.69 bits per heavy atom. The van der Waals surface area contributed by atoms with Crippen LogP contribution in [0.3, 0.4) is 0 Å². The number of hydrogen-bond acceptors (Lipinski definition) is 2. The molecule has 1 aliphatic heterocycles. The van der Waals surface area contributed by atoms with Gasteiger partial charge in [0.2, 0.25) is 5.91 Å². The fourth-order valence-corrected chi connectivity index (χ4v) is 1.59. The van der Waals surface area contributed by atoms with E-state index >= 15 is 0 Å². The number of ether oxygens (including phenoxy) is 1. The summed E-state index contributed by atoms with van der Waals surface area (Å²) in [5.41, 5.74) is -0.236. The van der Waals surface area contributed by atoms with E-state index in [9.17, 15) is 4.79 Å². The summed E-state index contributed by atoms with van der Waals surface area (Å²) in [6.07, 6.45) is 0. The third-order valence-electron chi connectivity index (χ3n) is 2.08. The van der Waals surface area contributed by atoms with Crippen LogP contribution in [0.5, 0.6) is 0 Å². The molecule has 0 aromatic rings. The number of nitrogens with zero attached hydrogens (tertiary/aromatic N) is 1. The summed E-state index contributed by atoms with van der Waals surface area (Å²) in [7, 11) is 0. The molecule has 1 fully saturated rings. The van der Waals surface area contributed by atoms with E-state index in [4.69, 9.17) is 16.3 Å². The lowest BCUT2D eigenvalue weighted by Gasteiger charge is -2.38. The van der Waals surface area contributed by atoms with Crippen LogP contribution in [0.25, 0.3) is 0 Å². The van der Waals surface area contributed by atoms with Crippen LogP contribution in [0.1, 0.15) is 20.8 Å². The standard InChI is InChI=1S/C9H16ClNO2/c1-7(10)8(12)11-4-5-13-9(2,3)6-11/h7H,4-6H2,1-3H3. The Balaban J connectivity index is 2.57. The van der Waals surface area contributed by atoms with Gasteiger partial charge in [-0.25, -0.2) is 0 Å². The highest BCUT2D eigenvalue weighted by atomic mass is 35.5. The lowest BCUT2D eigenvalue weighted by Crippen LogP contribution is -2.52. The van der Waals surface area contributed by atoms with E-state index in [0.29, 0.717) is 19.7 Å². The zero-order chi connectivity index (χ0) is 10.1. The average molecular weight is 206 g/mol. The predicted molar refractivity (Wildman–Crippen MR) is 51.9 cm³/mol. The van der Waals surface area contributed by atoms with Crippen LogP contribution in [-0.2, 0) is 9.53 Å². The van der Waals surface area contributed by atoms with Crippen molar-refractivity contribution in [2.24, 2.45) is 0 Å². The van der Waals surface area contributed by atoms with E-state index in [1.54, 1.807) is 11.8 Å². The van der Waals surface area contributed by atoms with Crippen molar-refractivity contribution in [3.63, 3.8) is 0 Å². The van der Waals surface area contributed by atoms with Gasteiger partial charge in [0.05, 0.1) is 12.2 Å². The molecule has 1 saturated heterocycles. The van der Waals surface area contributed by atoms with Crippen molar-refractivity contribution < 1.29 is 9.53 Å². The van der Waals surface area contributed by atoms with Crippen LogP contribution in [0.2, 0.25) is 0 Å². The van der Waals surface area contributed by atoms with Crippen molar-refractivity contribution in [3.8, 4) is 0 Å². The second kappa shape index (κ2) is 3.84. The van der Waals surface area contributed by atoms with E-state index in [0.717, 1.165) is 0 Å². The fraction of sp³-hybridized carbons (Fsp3) is 0.889. The predicted octanol–water partition coefficient (Wildman–Crippen LogP) is 1.25. The Bertz CT molecular complexity index is 204. The van der Waals surface area contributed by atoms with E-state index in [1.165, 1.54) is 0 Å². The molecular formula is C9H16ClNO2. The quantitative estimate of drug-likeness (QED) is 0.603. The molecule has 1 amide bonds. The van der Waals surface area contributed by atoms with Gasteiger partial charge in [-0.2, -0.15) is 0 Å². The van der Waals surface area contributed by atoms with Crippen LogP contribution in [0.4, 0.5) is 0 Å². The van der Waals surface area contributed by atoms with Gasteiger partial charge in [0.1, 0.15) is 5.38 Å². The summed E-state index contributed by atoms with van der Waals surface area (Å²) >= 11 is 5.72. The normalized spacial score (nSPS) is 24.2. The molecule has 0 aromatic heterocycles. The summed E-state index contributed by atoms with van der Waals surface area (Å²) < 4.78 is 5.49. The number of carbonyl (C=O) groups excluding carboxylic acids is 1. The summed E-state index contributed by atoms with van der Waals surface area (Å²) in [5.74, 6) is -0.00181. The molecule has 4 heteroatoms. The maximum Gasteiger partial charge on any atom is 0.240 e. The zero-order valence-electron chi connectivity index (χ0n) is 8.34. The SMILES string of the molecule is CC(Cl)C(=O)N1CCOC(C)(C)C1. The molecule has 1 unspecified atom stereocenters. The Kier molecular flexibility index (Phi) is 3.19. The maximum atomic E-state index is 11.5. The van der Waals surface area contributed by atoms with Gasteiger partial charge in [-0.15, -0.1) is 11.6 Å². The third kappa shape index (κ3) is 2.85. The molecule has 76 valence electrons. The molecule has 0 N–H and O–H groups in total. The minimum absolute atomic E-state index is 0.00181. The van der Waals surface area contributed by atoms with E-state index in [1.807, 2.05) is 13.8 Å². The summed E-state index contributed by atoms with van der Waals surface area (Å²) in [5, 5.41) is -0.436. The Labute approximate surface area is 84.0 Å². The number of amides is 1. The molecule has 0 aromatic carbocycles. The second-order valence-corrected chi connectivity index (χ2v) is 4.64. The van der Waals surface area contributed by atoms with Gasteiger partial charge in [0.15, 0.2) is 0 Å². The van der Waals surface area contributed by atoms with Gasteiger partial charge < -0.3 is 9.64 Å². The molecule has 0 bridgehead atoms. The minimum Gasteiger partial charge on any atom is -0.372 e. The number of morpholine rings is 1. The van der Waals surface area contributed by atoms with Crippen LogP contribution < -0.4 is 0 Å². The van der Waals surface area contributed by atoms with Crippen LogP contribution in [0, 0.1) is 0 Å². The first-order valence-corrected chi connectivity index (χ1v) is 4.93. The highest BCUT2D eigenvalue weighted by molar-refractivity contribution is 6.30. The van der Waals surface area contributed by atoms with Gasteiger partial charge >= 0.3 is 0 Å². The first kappa shape index (κ1) is 10.8. The number of alkyl halides is 1. The largest absolute Gasteiger partial charge is 0.372 e. The van der Waals surface area contributed by atoms with Crippen molar-refractivity contribution in [2.75, 3.05) is 19.7 Å². The van der Waals surface area contributed by atoms with Crippen LogP contribution >= 0.6 is 11.6 Å². The molecule has 3 nitrogen and oxygen atoms in total. The highest BCUT2D eigenvalue weighted by Crippen LogP contribution is 2.17. The Morgan fingerprint density at radius 1 is 1.62 bits per heavy atom. The maximum absolute atomic E-state index is 11.5. The van der Waals surface area contributed by atoms with Gasteiger partial charge in [0.25, 0.3) is 0 Å².